The van der Waals surface area contributed by atoms with Crippen LogP contribution in [0.25, 0.3) is 11.0 Å². The van der Waals surface area contributed by atoms with Gasteiger partial charge in [0.1, 0.15) is 6.26 Å². The van der Waals surface area contributed by atoms with Crippen LogP contribution in [0.1, 0.15) is 5.56 Å². The lowest BCUT2D eigenvalue weighted by molar-refractivity contribution is 0.0796. The molecule has 0 atom stereocenters. The Morgan fingerprint density at radius 1 is 1.26 bits per heavy atom. The second kappa shape index (κ2) is 5.28. The predicted molar refractivity (Wildman–Crippen MR) is 84.7 cm³/mol. The molecule has 7 nitrogen and oxygen atoms in total. The zero-order chi connectivity index (χ0) is 15.8. The first-order valence-corrected chi connectivity index (χ1v) is 7.18. The summed E-state index contributed by atoms with van der Waals surface area (Å²) in [6.07, 6.45) is 5.06. The smallest absolute Gasteiger partial charge is 0.240 e. The molecule has 0 aliphatic carbocycles. The van der Waals surface area contributed by atoms with Crippen molar-refractivity contribution in [3.05, 3.63) is 54.4 Å². The largest absolute Gasteiger partial charge is 0.459 e. The number of nitrogens with zero attached hydrogens (tertiary/aromatic N) is 5. The van der Waals surface area contributed by atoms with Gasteiger partial charge in [0.15, 0.2) is 5.65 Å². The Balaban J connectivity index is 1.87. The molecule has 2 aromatic heterocycles. The summed E-state index contributed by atoms with van der Waals surface area (Å²) in [5.41, 5.74) is 2.80. The Kier molecular flexibility index (Phi) is 3.11. The van der Waals surface area contributed by atoms with E-state index in [9.17, 15) is 0 Å². The summed E-state index contributed by atoms with van der Waals surface area (Å²) in [5, 5.41) is 5.09. The van der Waals surface area contributed by atoms with Crippen molar-refractivity contribution >= 4 is 22.7 Å². The fourth-order valence-corrected chi connectivity index (χ4v) is 2.49. The second-order valence-corrected chi connectivity index (χ2v) is 5.28. The summed E-state index contributed by atoms with van der Waals surface area (Å²) < 4.78 is 12.5. The van der Waals surface area contributed by atoms with E-state index in [0.29, 0.717) is 11.8 Å². The van der Waals surface area contributed by atoms with Gasteiger partial charge in [-0.1, -0.05) is 12.1 Å². The summed E-state index contributed by atoms with van der Waals surface area (Å²) in [5.74, 6) is 1.06. The van der Waals surface area contributed by atoms with Crippen LogP contribution in [0, 0.1) is 6.92 Å². The summed E-state index contributed by atoms with van der Waals surface area (Å²) in [4.78, 5) is 10.9. The molecule has 0 unspecified atom stereocenters. The fraction of sp³-hybridized carbons (Fsp3) is 0.188. The van der Waals surface area contributed by atoms with E-state index in [1.807, 2.05) is 43.1 Å². The van der Waals surface area contributed by atoms with Gasteiger partial charge in [-0.25, -0.2) is 9.88 Å². The normalized spacial score (nSPS) is 13.6. The molecule has 0 N–H and O–H groups in total. The number of anilines is 2. The number of benzene rings is 1. The van der Waals surface area contributed by atoms with Crippen molar-refractivity contribution in [3.63, 3.8) is 0 Å². The lowest BCUT2D eigenvalue weighted by atomic mass is 10.2. The van der Waals surface area contributed by atoms with E-state index in [4.69, 9.17) is 9.47 Å². The highest BCUT2D eigenvalue weighted by Crippen LogP contribution is 2.30. The number of ether oxygens (including phenoxy) is 2. The molecule has 0 radical (unpaired) electrons. The molecule has 0 spiro atoms. The molecule has 23 heavy (non-hydrogen) atoms. The number of hydrogen-bond donors (Lipinski definition) is 0. The topological polar surface area (TPSA) is 65.3 Å². The average Bonchev–Trinajstić information content (AvgIpc) is 3.19. The van der Waals surface area contributed by atoms with E-state index < -0.39 is 0 Å². The maximum Gasteiger partial charge on any atom is 0.240 e. The van der Waals surface area contributed by atoms with Gasteiger partial charge >= 0.3 is 0 Å². The third-order valence-corrected chi connectivity index (χ3v) is 3.60. The lowest BCUT2D eigenvalue weighted by Crippen LogP contribution is -2.19. The van der Waals surface area contributed by atoms with Crippen LogP contribution in [-0.4, -0.2) is 26.5 Å². The Hall–Kier alpha value is -3.09. The molecule has 116 valence electrons. The molecule has 0 bridgehead atoms. The minimum absolute atomic E-state index is 0.186. The van der Waals surface area contributed by atoms with Crippen molar-refractivity contribution in [2.75, 3.05) is 11.7 Å². The van der Waals surface area contributed by atoms with Gasteiger partial charge in [0, 0.05) is 13.2 Å². The zero-order valence-corrected chi connectivity index (χ0v) is 12.8. The van der Waals surface area contributed by atoms with E-state index in [2.05, 4.69) is 15.1 Å². The Labute approximate surface area is 132 Å². The first-order chi connectivity index (χ1) is 11.2. The van der Waals surface area contributed by atoms with Gasteiger partial charge in [-0.15, -0.1) is 0 Å². The number of rotatable bonds is 3. The van der Waals surface area contributed by atoms with Crippen molar-refractivity contribution in [2.45, 2.75) is 6.92 Å². The average molecular weight is 309 g/mol. The minimum Gasteiger partial charge on any atom is -0.459 e. The van der Waals surface area contributed by atoms with Crippen molar-refractivity contribution in [1.82, 2.24) is 19.7 Å². The minimum atomic E-state index is 0.186. The molecule has 1 aromatic carbocycles. The molecule has 0 amide bonds. The second-order valence-electron chi connectivity index (χ2n) is 5.28. The fourth-order valence-electron chi connectivity index (χ4n) is 2.49. The van der Waals surface area contributed by atoms with Gasteiger partial charge in [-0.2, -0.15) is 10.1 Å². The van der Waals surface area contributed by atoms with Crippen molar-refractivity contribution in [2.24, 2.45) is 7.05 Å². The molecule has 0 fully saturated rings. The number of aromatic nitrogens is 4. The molecule has 1 aliphatic rings. The van der Waals surface area contributed by atoms with Crippen LogP contribution in [-0.2, 0) is 16.5 Å². The van der Waals surface area contributed by atoms with Crippen LogP contribution in [0.15, 0.2) is 48.8 Å². The Morgan fingerprint density at radius 2 is 2.17 bits per heavy atom. The third-order valence-electron chi connectivity index (χ3n) is 3.60. The summed E-state index contributed by atoms with van der Waals surface area (Å²) in [7, 11) is 1.85. The van der Waals surface area contributed by atoms with Crippen molar-refractivity contribution in [1.29, 1.82) is 0 Å². The molecule has 7 heteroatoms. The molecule has 0 saturated carbocycles. The highest BCUT2D eigenvalue weighted by molar-refractivity contribution is 5.76. The van der Waals surface area contributed by atoms with E-state index in [0.717, 1.165) is 22.3 Å². The van der Waals surface area contributed by atoms with Gasteiger partial charge in [-0.05, 0) is 24.6 Å². The SMILES string of the molecule is Cc1cccc(N(C2=COCO2)c2ncc3cnn(C)c3n2)c1. The molecule has 4 rings (SSSR count). The molecule has 3 aromatic rings. The quantitative estimate of drug-likeness (QED) is 0.741. The Morgan fingerprint density at radius 3 is 2.96 bits per heavy atom. The van der Waals surface area contributed by atoms with Crippen LogP contribution < -0.4 is 4.90 Å². The van der Waals surface area contributed by atoms with Crippen LogP contribution in [0.4, 0.5) is 11.6 Å². The van der Waals surface area contributed by atoms with Crippen LogP contribution in [0.3, 0.4) is 0 Å². The predicted octanol–water partition coefficient (Wildman–Crippen LogP) is 2.61. The molecular formula is C16H15N5O2. The van der Waals surface area contributed by atoms with Crippen molar-refractivity contribution < 1.29 is 9.47 Å². The van der Waals surface area contributed by atoms with Gasteiger partial charge in [-0.3, -0.25) is 4.68 Å². The highest BCUT2D eigenvalue weighted by atomic mass is 16.7. The van der Waals surface area contributed by atoms with E-state index in [1.165, 1.54) is 0 Å². The molecule has 1 aliphatic heterocycles. The van der Waals surface area contributed by atoms with Crippen LogP contribution in [0.5, 0.6) is 0 Å². The standard InChI is InChI=1S/C16H15N5O2/c1-11-4-3-5-13(6-11)21(14-9-22-10-23-14)16-17-7-12-8-18-20(2)15(12)19-16/h3-9H,10H2,1-2H3. The number of hydrogen-bond acceptors (Lipinski definition) is 6. The van der Waals surface area contributed by atoms with Gasteiger partial charge in [0.25, 0.3) is 0 Å². The van der Waals surface area contributed by atoms with E-state index >= 15 is 0 Å². The van der Waals surface area contributed by atoms with Crippen LogP contribution >= 0.6 is 0 Å². The summed E-state index contributed by atoms with van der Waals surface area (Å²) >= 11 is 0. The zero-order valence-electron chi connectivity index (χ0n) is 12.8. The maximum absolute atomic E-state index is 5.55. The van der Waals surface area contributed by atoms with Crippen molar-refractivity contribution in [3.8, 4) is 0 Å². The lowest BCUT2D eigenvalue weighted by Gasteiger charge is -2.22. The molecular weight excluding hydrogens is 294 g/mol. The Bertz CT molecular complexity index is 902. The maximum atomic E-state index is 5.55. The first-order valence-electron chi connectivity index (χ1n) is 7.18. The van der Waals surface area contributed by atoms with Crippen LogP contribution in [0.2, 0.25) is 0 Å². The van der Waals surface area contributed by atoms with Gasteiger partial charge in [0.2, 0.25) is 18.6 Å². The number of fused-ring (bicyclic) bond motifs is 1. The van der Waals surface area contributed by atoms with Gasteiger partial charge in [0.05, 0.1) is 17.3 Å². The summed E-state index contributed by atoms with van der Waals surface area (Å²) in [6.45, 7) is 2.22. The molecule has 0 saturated heterocycles. The highest BCUT2D eigenvalue weighted by Gasteiger charge is 2.23. The number of aryl methyl sites for hydroxylation is 2. The summed E-state index contributed by atoms with van der Waals surface area (Å²) in [6, 6.07) is 8.04. The monoisotopic (exact) mass is 309 g/mol. The molecule has 3 heterocycles. The third kappa shape index (κ3) is 2.36. The first kappa shape index (κ1) is 13.6. The van der Waals surface area contributed by atoms with E-state index in [1.54, 1.807) is 23.3 Å². The van der Waals surface area contributed by atoms with E-state index in [-0.39, 0.29) is 6.79 Å². The van der Waals surface area contributed by atoms with Gasteiger partial charge < -0.3 is 9.47 Å².